The Hall–Kier alpha value is -2.33. The van der Waals surface area contributed by atoms with E-state index in [0.29, 0.717) is 12.6 Å². The fourth-order valence-corrected chi connectivity index (χ4v) is 4.08. The Bertz CT molecular complexity index is 780. The van der Waals surface area contributed by atoms with Crippen molar-refractivity contribution >= 4 is 17.3 Å². The van der Waals surface area contributed by atoms with Gasteiger partial charge in [-0.05, 0) is 55.5 Å². The summed E-state index contributed by atoms with van der Waals surface area (Å²) in [7, 11) is 0. The first kappa shape index (κ1) is 17.1. The van der Waals surface area contributed by atoms with Crippen molar-refractivity contribution in [1.82, 2.24) is 4.90 Å². The first-order valence-electron chi connectivity index (χ1n) is 9.63. The summed E-state index contributed by atoms with van der Waals surface area (Å²) in [4.78, 5) is 17.0. The van der Waals surface area contributed by atoms with Gasteiger partial charge in [-0.15, -0.1) is 0 Å². The zero-order valence-corrected chi connectivity index (χ0v) is 15.4. The summed E-state index contributed by atoms with van der Waals surface area (Å²) in [6, 6.07) is 17.3. The number of carbonyl (C=O) groups excluding carboxylic acids is 1. The van der Waals surface area contributed by atoms with Gasteiger partial charge in [0.25, 0.3) is 0 Å². The second-order valence-electron chi connectivity index (χ2n) is 7.49. The third kappa shape index (κ3) is 3.75. The van der Waals surface area contributed by atoms with Crippen LogP contribution in [-0.4, -0.2) is 43.0 Å². The number of likely N-dealkylation sites (tertiary alicyclic amines) is 1. The van der Waals surface area contributed by atoms with Crippen LogP contribution in [0.5, 0.6) is 0 Å². The van der Waals surface area contributed by atoms with E-state index in [-0.39, 0.29) is 5.91 Å². The van der Waals surface area contributed by atoms with Gasteiger partial charge in [-0.25, -0.2) is 0 Å². The fourth-order valence-electron chi connectivity index (χ4n) is 4.08. The van der Waals surface area contributed by atoms with E-state index in [0.717, 1.165) is 44.6 Å². The molecular weight excluding hydrogens is 322 g/mol. The van der Waals surface area contributed by atoms with Crippen LogP contribution in [0.4, 0.5) is 11.4 Å². The van der Waals surface area contributed by atoms with Crippen molar-refractivity contribution in [1.29, 1.82) is 0 Å². The quantitative estimate of drug-likeness (QED) is 0.918. The molecule has 1 amide bonds. The average Bonchev–Trinajstić information content (AvgIpc) is 3.08. The van der Waals surface area contributed by atoms with E-state index in [1.54, 1.807) is 0 Å². The minimum atomic E-state index is 0.236. The van der Waals surface area contributed by atoms with Gasteiger partial charge in [-0.3, -0.25) is 9.69 Å². The van der Waals surface area contributed by atoms with Crippen LogP contribution >= 0.6 is 0 Å². The van der Waals surface area contributed by atoms with E-state index in [1.165, 1.54) is 16.8 Å². The molecule has 0 spiro atoms. The van der Waals surface area contributed by atoms with Crippen molar-refractivity contribution in [3.63, 3.8) is 0 Å². The molecule has 2 aliphatic heterocycles. The third-order valence-corrected chi connectivity index (χ3v) is 5.52. The smallest absolute Gasteiger partial charge is 0.241 e. The van der Waals surface area contributed by atoms with Gasteiger partial charge < -0.3 is 10.2 Å². The normalized spacial score (nSPS) is 18.0. The van der Waals surface area contributed by atoms with Crippen molar-refractivity contribution in [3.05, 3.63) is 59.7 Å². The van der Waals surface area contributed by atoms with Gasteiger partial charge in [0.1, 0.15) is 0 Å². The molecule has 1 saturated heterocycles. The summed E-state index contributed by atoms with van der Waals surface area (Å²) in [6.07, 6.45) is 3.14. The highest BCUT2D eigenvalue weighted by molar-refractivity contribution is 5.96. The summed E-state index contributed by atoms with van der Waals surface area (Å²) in [6.45, 7) is 5.43. The third-order valence-electron chi connectivity index (χ3n) is 5.52. The predicted octanol–water partition coefficient (Wildman–Crippen LogP) is 3.46. The highest BCUT2D eigenvalue weighted by Crippen LogP contribution is 2.27. The number of rotatable bonds is 4. The summed E-state index contributed by atoms with van der Waals surface area (Å²) in [5.74, 6) is 0.236. The molecule has 2 heterocycles. The maximum atomic E-state index is 12.8. The first-order valence-corrected chi connectivity index (χ1v) is 9.63. The van der Waals surface area contributed by atoms with Gasteiger partial charge >= 0.3 is 0 Å². The van der Waals surface area contributed by atoms with Crippen molar-refractivity contribution in [2.45, 2.75) is 32.2 Å². The SMILES string of the molecule is Cc1cccc(NC2CCN(CC(=O)N3CCc4ccccc43)CC2)c1. The minimum Gasteiger partial charge on any atom is -0.382 e. The second-order valence-corrected chi connectivity index (χ2v) is 7.49. The first-order chi connectivity index (χ1) is 12.7. The van der Waals surface area contributed by atoms with Gasteiger partial charge in [0.2, 0.25) is 5.91 Å². The van der Waals surface area contributed by atoms with Crippen molar-refractivity contribution < 1.29 is 4.79 Å². The Morgan fingerprint density at radius 1 is 1.08 bits per heavy atom. The summed E-state index contributed by atoms with van der Waals surface area (Å²) in [5, 5.41) is 3.64. The molecule has 2 aromatic rings. The molecule has 4 heteroatoms. The van der Waals surface area contributed by atoms with Crippen LogP contribution in [0.15, 0.2) is 48.5 Å². The van der Waals surface area contributed by atoms with Crippen molar-refractivity contribution in [2.75, 3.05) is 36.4 Å². The molecule has 4 nitrogen and oxygen atoms in total. The van der Waals surface area contributed by atoms with Crippen LogP contribution in [0.3, 0.4) is 0 Å². The number of hydrogen-bond acceptors (Lipinski definition) is 3. The lowest BCUT2D eigenvalue weighted by molar-refractivity contribution is -0.119. The fraction of sp³-hybridized carbons (Fsp3) is 0.409. The molecule has 2 aromatic carbocycles. The summed E-state index contributed by atoms with van der Waals surface area (Å²) in [5.41, 5.74) is 4.88. The number of carbonyl (C=O) groups is 1. The van der Waals surface area contributed by atoms with E-state index >= 15 is 0 Å². The number of para-hydroxylation sites is 1. The topological polar surface area (TPSA) is 35.6 Å². The molecular formula is C22H27N3O. The summed E-state index contributed by atoms with van der Waals surface area (Å²) >= 11 is 0. The van der Waals surface area contributed by atoms with Crippen molar-refractivity contribution in [3.8, 4) is 0 Å². The molecule has 4 rings (SSSR count). The number of hydrogen-bond donors (Lipinski definition) is 1. The van der Waals surface area contributed by atoms with Gasteiger partial charge in [0.05, 0.1) is 6.54 Å². The van der Waals surface area contributed by atoms with Gasteiger partial charge in [0, 0.05) is 37.1 Å². The lowest BCUT2D eigenvalue weighted by Gasteiger charge is -2.33. The Morgan fingerprint density at radius 3 is 2.69 bits per heavy atom. The molecule has 0 saturated carbocycles. The van der Waals surface area contributed by atoms with Crippen molar-refractivity contribution in [2.24, 2.45) is 0 Å². The number of fused-ring (bicyclic) bond motifs is 1. The number of benzene rings is 2. The van der Waals surface area contributed by atoms with E-state index in [9.17, 15) is 4.79 Å². The van der Waals surface area contributed by atoms with E-state index in [4.69, 9.17) is 0 Å². The van der Waals surface area contributed by atoms with E-state index in [2.05, 4.69) is 59.6 Å². The molecule has 0 unspecified atom stereocenters. The molecule has 0 bridgehead atoms. The van der Waals surface area contributed by atoms with Gasteiger partial charge in [-0.2, -0.15) is 0 Å². The van der Waals surface area contributed by atoms with Gasteiger partial charge in [0.15, 0.2) is 0 Å². The van der Waals surface area contributed by atoms with Crippen LogP contribution in [0.25, 0.3) is 0 Å². The highest BCUT2D eigenvalue weighted by Gasteiger charge is 2.27. The van der Waals surface area contributed by atoms with Crippen LogP contribution < -0.4 is 10.2 Å². The molecule has 26 heavy (non-hydrogen) atoms. The number of amides is 1. The zero-order chi connectivity index (χ0) is 17.9. The Kier molecular flexibility index (Phi) is 4.93. The molecule has 0 aliphatic carbocycles. The Balaban J connectivity index is 1.28. The molecule has 1 fully saturated rings. The van der Waals surface area contributed by atoms with Crippen LogP contribution in [0, 0.1) is 6.92 Å². The predicted molar refractivity (Wildman–Crippen MR) is 107 cm³/mol. The van der Waals surface area contributed by atoms with Crippen LogP contribution in [-0.2, 0) is 11.2 Å². The largest absolute Gasteiger partial charge is 0.382 e. The molecule has 1 N–H and O–H groups in total. The molecule has 0 aromatic heterocycles. The Morgan fingerprint density at radius 2 is 1.88 bits per heavy atom. The number of nitrogens with zero attached hydrogens (tertiary/aromatic N) is 2. The molecule has 0 radical (unpaired) electrons. The van der Waals surface area contributed by atoms with Gasteiger partial charge in [-0.1, -0.05) is 30.3 Å². The standard InChI is InChI=1S/C22H27N3O/c1-17-5-4-7-20(15-17)23-19-10-12-24(13-11-19)16-22(26)25-14-9-18-6-2-3-8-21(18)25/h2-8,15,19,23H,9-14,16H2,1H3. The lowest BCUT2D eigenvalue weighted by atomic mass is 10.0. The van der Waals surface area contributed by atoms with E-state index < -0.39 is 0 Å². The summed E-state index contributed by atoms with van der Waals surface area (Å²) < 4.78 is 0. The van der Waals surface area contributed by atoms with Crippen LogP contribution in [0.1, 0.15) is 24.0 Å². The van der Waals surface area contributed by atoms with E-state index in [1.807, 2.05) is 11.0 Å². The average molecular weight is 349 g/mol. The minimum absolute atomic E-state index is 0.236. The molecule has 0 atom stereocenters. The Labute approximate surface area is 155 Å². The number of nitrogens with one attached hydrogen (secondary N) is 1. The maximum Gasteiger partial charge on any atom is 0.241 e. The lowest BCUT2D eigenvalue weighted by Crippen LogP contribution is -2.45. The maximum absolute atomic E-state index is 12.8. The number of piperidine rings is 1. The second kappa shape index (κ2) is 7.50. The van der Waals surface area contributed by atoms with Crippen LogP contribution in [0.2, 0.25) is 0 Å². The zero-order valence-electron chi connectivity index (χ0n) is 15.4. The monoisotopic (exact) mass is 349 g/mol. The molecule has 136 valence electrons. The number of anilines is 2. The highest BCUT2D eigenvalue weighted by atomic mass is 16.2. The number of aryl methyl sites for hydroxylation is 1. The molecule has 2 aliphatic rings.